The van der Waals surface area contributed by atoms with E-state index >= 15 is 0 Å². The number of amides is 1. The van der Waals surface area contributed by atoms with Gasteiger partial charge in [-0.15, -0.1) is 0 Å². The maximum absolute atomic E-state index is 12.1. The van der Waals surface area contributed by atoms with Gasteiger partial charge in [0, 0.05) is 12.1 Å². The predicted molar refractivity (Wildman–Crippen MR) is 101 cm³/mol. The first-order valence-corrected chi connectivity index (χ1v) is 7.99. The highest BCUT2D eigenvalue weighted by Crippen LogP contribution is 2.25. The van der Waals surface area contributed by atoms with Crippen LogP contribution < -0.4 is 5.32 Å². The predicted octanol–water partition coefficient (Wildman–Crippen LogP) is 4.42. The molecule has 0 aromatic heterocycles. The van der Waals surface area contributed by atoms with Crippen LogP contribution in [0.3, 0.4) is 0 Å². The molecule has 1 N–H and O–H groups in total. The number of nitro groups is 1. The van der Waals surface area contributed by atoms with Gasteiger partial charge in [0.15, 0.2) is 0 Å². The van der Waals surface area contributed by atoms with E-state index in [1.54, 1.807) is 6.08 Å². The lowest BCUT2D eigenvalue weighted by Crippen LogP contribution is -2.10. The van der Waals surface area contributed by atoms with Gasteiger partial charge in [-0.05, 0) is 34.8 Å². The highest BCUT2D eigenvalue weighted by Gasteiger charge is 2.16. The second-order valence-electron chi connectivity index (χ2n) is 6.80. The normalized spacial score (nSPS) is 11.2. The molecule has 0 fully saturated rings. The minimum atomic E-state index is -0.634. The molecule has 2 aromatic carbocycles. The Bertz CT molecular complexity index is 901. The SMILES string of the molecule is CC(C)(C)c1ccc(/C=C/C(=O)Nc2ccc(C#N)cc2[N+](=O)[O-])cc1. The summed E-state index contributed by atoms with van der Waals surface area (Å²) in [5.74, 6) is -0.488. The van der Waals surface area contributed by atoms with Gasteiger partial charge in [-0.25, -0.2) is 0 Å². The third-order valence-electron chi connectivity index (χ3n) is 3.79. The molecule has 0 aliphatic carbocycles. The monoisotopic (exact) mass is 349 g/mol. The van der Waals surface area contributed by atoms with Crippen LogP contribution >= 0.6 is 0 Å². The summed E-state index contributed by atoms with van der Waals surface area (Å²) in [6.07, 6.45) is 2.95. The Morgan fingerprint density at radius 2 is 1.85 bits per heavy atom. The fourth-order valence-corrected chi connectivity index (χ4v) is 2.30. The van der Waals surface area contributed by atoms with Crippen molar-refractivity contribution in [2.75, 3.05) is 5.32 Å². The van der Waals surface area contributed by atoms with Crippen molar-refractivity contribution in [3.63, 3.8) is 0 Å². The molecule has 0 heterocycles. The number of rotatable bonds is 4. The molecule has 2 aromatic rings. The zero-order valence-electron chi connectivity index (χ0n) is 14.8. The molecule has 0 bridgehead atoms. The number of nitro benzene ring substituents is 1. The first kappa shape index (κ1) is 18.9. The average molecular weight is 349 g/mol. The van der Waals surface area contributed by atoms with Crippen LogP contribution in [0.5, 0.6) is 0 Å². The van der Waals surface area contributed by atoms with E-state index in [0.717, 1.165) is 11.6 Å². The average Bonchev–Trinajstić information content (AvgIpc) is 2.59. The van der Waals surface area contributed by atoms with Gasteiger partial charge in [-0.3, -0.25) is 14.9 Å². The van der Waals surface area contributed by atoms with Crippen LogP contribution in [0.2, 0.25) is 0 Å². The largest absolute Gasteiger partial charge is 0.317 e. The molecule has 0 unspecified atom stereocenters. The third kappa shape index (κ3) is 4.77. The molecule has 6 nitrogen and oxygen atoms in total. The summed E-state index contributed by atoms with van der Waals surface area (Å²) in [5.41, 5.74) is 1.97. The highest BCUT2D eigenvalue weighted by atomic mass is 16.6. The van der Waals surface area contributed by atoms with Crippen molar-refractivity contribution in [3.8, 4) is 6.07 Å². The molecule has 0 radical (unpaired) electrons. The Morgan fingerprint density at radius 3 is 2.38 bits per heavy atom. The zero-order chi connectivity index (χ0) is 19.3. The van der Waals surface area contributed by atoms with Crippen molar-refractivity contribution in [3.05, 3.63) is 75.3 Å². The Morgan fingerprint density at radius 1 is 1.19 bits per heavy atom. The maximum Gasteiger partial charge on any atom is 0.294 e. The first-order chi connectivity index (χ1) is 12.2. The molecular weight excluding hydrogens is 330 g/mol. The molecule has 132 valence electrons. The van der Waals surface area contributed by atoms with E-state index in [9.17, 15) is 14.9 Å². The van der Waals surface area contributed by atoms with Crippen molar-refractivity contribution in [2.24, 2.45) is 0 Å². The number of anilines is 1. The lowest BCUT2D eigenvalue weighted by molar-refractivity contribution is -0.383. The molecule has 0 saturated heterocycles. The van der Waals surface area contributed by atoms with Crippen LogP contribution in [0.1, 0.15) is 37.5 Å². The Labute approximate surface area is 151 Å². The smallest absolute Gasteiger partial charge is 0.294 e. The van der Waals surface area contributed by atoms with Gasteiger partial charge in [0.25, 0.3) is 5.69 Å². The molecule has 26 heavy (non-hydrogen) atoms. The van der Waals surface area contributed by atoms with E-state index in [1.807, 2.05) is 30.3 Å². The number of nitrogens with zero attached hydrogens (tertiary/aromatic N) is 2. The Balaban J connectivity index is 2.13. The Hall–Kier alpha value is -3.46. The summed E-state index contributed by atoms with van der Waals surface area (Å²) in [4.78, 5) is 22.5. The maximum atomic E-state index is 12.1. The van der Waals surface area contributed by atoms with Gasteiger partial charge < -0.3 is 5.32 Å². The van der Waals surface area contributed by atoms with Crippen molar-refractivity contribution in [1.82, 2.24) is 0 Å². The molecule has 0 aliphatic heterocycles. The summed E-state index contributed by atoms with van der Waals surface area (Å²) in [6.45, 7) is 6.36. The zero-order valence-corrected chi connectivity index (χ0v) is 14.8. The second kappa shape index (κ2) is 7.62. The first-order valence-electron chi connectivity index (χ1n) is 7.99. The number of carbonyl (C=O) groups is 1. The standard InChI is InChI=1S/C20H19N3O3/c1-20(2,3)16-8-4-14(5-9-16)7-11-19(24)22-17-10-6-15(13-21)12-18(17)23(25)26/h4-12H,1-3H3,(H,22,24)/b11-7+. The van der Waals surface area contributed by atoms with Crippen LogP contribution in [0, 0.1) is 21.4 Å². The van der Waals surface area contributed by atoms with Crippen molar-refractivity contribution in [2.45, 2.75) is 26.2 Å². The number of hydrogen-bond acceptors (Lipinski definition) is 4. The molecule has 0 aliphatic rings. The molecule has 6 heteroatoms. The van der Waals surface area contributed by atoms with Gasteiger partial charge in [-0.1, -0.05) is 45.0 Å². The number of nitriles is 1. The minimum Gasteiger partial charge on any atom is -0.317 e. The fourth-order valence-electron chi connectivity index (χ4n) is 2.30. The van der Waals surface area contributed by atoms with Crippen LogP contribution in [0.4, 0.5) is 11.4 Å². The minimum absolute atomic E-state index is 0.0479. The van der Waals surface area contributed by atoms with Gasteiger partial charge in [0.05, 0.1) is 16.6 Å². The number of carbonyl (C=O) groups excluding carboxylic acids is 1. The quantitative estimate of drug-likeness (QED) is 0.502. The molecule has 1 amide bonds. The fraction of sp³-hybridized carbons (Fsp3) is 0.200. The summed E-state index contributed by atoms with van der Waals surface area (Å²) in [6, 6.07) is 13.6. The van der Waals surface area contributed by atoms with Crippen LogP contribution in [-0.2, 0) is 10.2 Å². The summed E-state index contributed by atoms with van der Waals surface area (Å²) in [7, 11) is 0. The molecule has 2 rings (SSSR count). The number of nitrogens with one attached hydrogen (secondary N) is 1. The van der Waals surface area contributed by atoms with E-state index in [0.29, 0.717) is 0 Å². The molecule has 0 spiro atoms. The van der Waals surface area contributed by atoms with Crippen molar-refractivity contribution < 1.29 is 9.72 Å². The summed E-state index contributed by atoms with van der Waals surface area (Å²) < 4.78 is 0. The van der Waals surface area contributed by atoms with Crippen LogP contribution in [0.15, 0.2) is 48.5 Å². The van der Waals surface area contributed by atoms with Gasteiger partial charge in [-0.2, -0.15) is 5.26 Å². The Kier molecular flexibility index (Phi) is 5.53. The van der Waals surface area contributed by atoms with Gasteiger partial charge in [0.1, 0.15) is 5.69 Å². The molecular formula is C20H19N3O3. The van der Waals surface area contributed by atoms with E-state index in [2.05, 4.69) is 26.1 Å². The van der Waals surface area contributed by atoms with E-state index in [1.165, 1.54) is 23.8 Å². The number of hydrogen-bond donors (Lipinski definition) is 1. The second-order valence-corrected chi connectivity index (χ2v) is 6.80. The van der Waals surface area contributed by atoms with Crippen molar-refractivity contribution in [1.29, 1.82) is 5.26 Å². The lowest BCUT2D eigenvalue weighted by Gasteiger charge is -2.18. The van der Waals surface area contributed by atoms with E-state index in [4.69, 9.17) is 5.26 Å². The molecule has 0 saturated carbocycles. The van der Waals surface area contributed by atoms with Gasteiger partial charge in [0.2, 0.25) is 5.91 Å². The molecule has 0 atom stereocenters. The van der Waals surface area contributed by atoms with E-state index < -0.39 is 10.8 Å². The topological polar surface area (TPSA) is 96.0 Å². The lowest BCUT2D eigenvalue weighted by atomic mass is 9.87. The highest BCUT2D eigenvalue weighted by molar-refractivity contribution is 6.03. The third-order valence-corrected chi connectivity index (χ3v) is 3.79. The summed E-state index contributed by atoms with van der Waals surface area (Å²) in [5, 5.41) is 22.4. The van der Waals surface area contributed by atoms with Gasteiger partial charge >= 0.3 is 0 Å². The number of benzene rings is 2. The van der Waals surface area contributed by atoms with E-state index in [-0.39, 0.29) is 22.4 Å². The summed E-state index contributed by atoms with van der Waals surface area (Å²) >= 11 is 0. The van der Waals surface area contributed by atoms with Crippen LogP contribution in [0.25, 0.3) is 6.08 Å². The van der Waals surface area contributed by atoms with Crippen LogP contribution in [-0.4, -0.2) is 10.8 Å². The van der Waals surface area contributed by atoms with Crippen molar-refractivity contribution >= 4 is 23.4 Å².